The quantitative estimate of drug-likeness (QED) is 0.694. The highest BCUT2D eigenvalue weighted by Crippen LogP contribution is 2.43. The topological polar surface area (TPSA) is 82.2 Å². The Balaban J connectivity index is 1.60. The minimum Gasteiger partial charge on any atom is -0.497 e. The number of hydrogen-bond donors (Lipinski definition) is 1. The summed E-state index contributed by atoms with van der Waals surface area (Å²) < 4.78 is 21.8. The molecule has 0 saturated carbocycles. The van der Waals surface area contributed by atoms with Gasteiger partial charge in [0.15, 0.2) is 17.7 Å². The van der Waals surface area contributed by atoms with Crippen molar-refractivity contribution in [2.75, 3.05) is 31.2 Å². The number of aromatic nitrogens is 1. The molecule has 2 aliphatic rings. The predicted octanol–water partition coefficient (Wildman–Crippen LogP) is 3.60. The summed E-state index contributed by atoms with van der Waals surface area (Å²) in [7, 11) is 3.15. The maximum absolute atomic E-state index is 13.4. The molecule has 0 spiro atoms. The number of fused-ring (bicyclic) bond motifs is 2. The molecule has 0 saturated heterocycles. The van der Waals surface area contributed by atoms with Crippen molar-refractivity contribution in [3.8, 4) is 23.0 Å². The molecule has 1 atom stereocenters. The van der Waals surface area contributed by atoms with Gasteiger partial charge in [-0.05, 0) is 36.4 Å². The second-order valence-electron chi connectivity index (χ2n) is 6.76. The molecule has 0 radical (unpaired) electrons. The highest BCUT2D eigenvalue weighted by Gasteiger charge is 2.40. The van der Waals surface area contributed by atoms with E-state index in [0.29, 0.717) is 39.9 Å². The van der Waals surface area contributed by atoms with Gasteiger partial charge >= 0.3 is 0 Å². The molecular weight excluding hydrogens is 386 g/mol. The summed E-state index contributed by atoms with van der Waals surface area (Å²) in [6.07, 6.45) is 1.13. The lowest BCUT2D eigenvalue weighted by atomic mass is 10.2. The van der Waals surface area contributed by atoms with E-state index >= 15 is 0 Å². The zero-order valence-electron chi connectivity index (χ0n) is 16.4. The smallest absolute Gasteiger partial charge is 0.262 e. The van der Waals surface area contributed by atoms with Gasteiger partial charge in [-0.2, -0.15) is 0 Å². The van der Waals surface area contributed by atoms with Gasteiger partial charge < -0.3 is 24.3 Å². The molecule has 3 aromatic rings. The summed E-state index contributed by atoms with van der Waals surface area (Å²) in [6.45, 7) is 0.193. The number of nitrogens with zero attached hydrogens (tertiary/aromatic N) is 2. The largest absolute Gasteiger partial charge is 0.497 e. The van der Waals surface area contributed by atoms with E-state index in [1.807, 2.05) is 18.2 Å². The van der Waals surface area contributed by atoms with Gasteiger partial charge in [-0.25, -0.2) is 0 Å². The van der Waals surface area contributed by atoms with E-state index < -0.39 is 6.17 Å². The SMILES string of the molecule is COc1ccc(OC)c(N2C(=O)c3cccnc3[C@@H]2Nc2ccc3c(c2)OCO3)c1. The number of rotatable bonds is 5. The molecule has 30 heavy (non-hydrogen) atoms. The Hall–Kier alpha value is -3.94. The van der Waals surface area contributed by atoms with Crippen LogP contribution in [0.25, 0.3) is 0 Å². The fourth-order valence-corrected chi connectivity index (χ4v) is 3.70. The lowest BCUT2D eigenvalue weighted by Crippen LogP contribution is -2.32. The monoisotopic (exact) mass is 405 g/mol. The number of amides is 1. The van der Waals surface area contributed by atoms with Crippen molar-refractivity contribution in [3.63, 3.8) is 0 Å². The van der Waals surface area contributed by atoms with Crippen molar-refractivity contribution in [3.05, 3.63) is 66.0 Å². The fraction of sp³-hybridized carbons (Fsp3) is 0.182. The molecule has 2 aromatic carbocycles. The van der Waals surface area contributed by atoms with Gasteiger partial charge in [0.2, 0.25) is 6.79 Å². The van der Waals surface area contributed by atoms with Crippen LogP contribution in [0.1, 0.15) is 22.2 Å². The van der Waals surface area contributed by atoms with E-state index in [9.17, 15) is 4.79 Å². The molecule has 5 rings (SSSR count). The first-order chi connectivity index (χ1) is 14.7. The summed E-state index contributed by atoms with van der Waals surface area (Å²) >= 11 is 0. The van der Waals surface area contributed by atoms with Crippen LogP contribution in [0.3, 0.4) is 0 Å². The highest BCUT2D eigenvalue weighted by molar-refractivity contribution is 6.11. The second kappa shape index (κ2) is 7.14. The number of pyridine rings is 1. The van der Waals surface area contributed by atoms with Crippen molar-refractivity contribution in [2.24, 2.45) is 0 Å². The van der Waals surface area contributed by atoms with Crippen LogP contribution >= 0.6 is 0 Å². The number of ether oxygens (including phenoxy) is 4. The first kappa shape index (κ1) is 18.1. The van der Waals surface area contributed by atoms with E-state index in [1.54, 1.807) is 55.6 Å². The standard InChI is InChI=1S/C22H19N3O5/c1-27-14-6-8-17(28-2)16(11-14)25-21(20-15(22(25)26)4-3-9-23-20)24-13-5-7-18-19(10-13)30-12-29-18/h3-11,21,24H,12H2,1-2H3/t21-/m1/s1. The summed E-state index contributed by atoms with van der Waals surface area (Å²) in [4.78, 5) is 19.5. The number of anilines is 2. The van der Waals surface area contributed by atoms with Gasteiger partial charge in [-0.15, -0.1) is 0 Å². The molecule has 1 aromatic heterocycles. The highest BCUT2D eigenvalue weighted by atomic mass is 16.7. The summed E-state index contributed by atoms with van der Waals surface area (Å²) in [6, 6.07) is 14.4. The molecular formula is C22H19N3O5. The van der Waals surface area contributed by atoms with Crippen molar-refractivity contribution in [1.82, 2.24) is 4.98 Å². The number of hydrogen-bond acceptors (Lipinski definition) is 7. The third kappa shape index (κ3) is 2.85. The minimum absolute atomic E-state index is 0.178. The molecule has 8 nitrogen and oxygen atoms in total. The van der Waals surface area contributed by atoms with Crippen LogP contribution in [0.5, 0.6) is 23.0 Å². The zero-order valence-corrected chi connectivity index (χ0v) is 16.4. The Morgan fingerprint density at radius 1 is 1.07 bits per heavy atom. The third-order valence-corrected chi connectivity index (χ3v) is 5.13. The number of nitrogens with one attached hydrogen (secondary N) is 1. The van der Waals surface area contributed by atoms with Crippen LogP contribution in [0.2, 0.25) is 0 Å². The van der Waals surface area contributed by atoms with Gasteiger partial charge in [-0.1, -0.05) is 0 Å². The van der Waals surface area contributed by atoms with E-state index in [0.717, 1.165) is 5.69 Å². The molecule has 0 unspecified atom stereocenters. The zero-order chi connectivity index (χ0) is 20.7. The van der Waals surface area contributed by atoms with Crippen LogP contribution in [-0.2, 0) is 0 Å². The molecule has 8 heteroatoms. The average molecular weight is 405 g/mol. The van der Waals surface area contributed by atoms with Crippen LogP contribution in [-0.4, -0.2) is 31.9 Å². The Kier molecular flexibility index (Phi) is 4.31. The fourth-order valence-electron chi connectivity index (χ4n) is 3.70. The number of carbonyl (C=O) groups excluding carboxylic acids is 1. The Morgan fingerprint density at radius 2 is 1.93 bits per heavy atom. The molecule has 0 fully saturated rings. The van der Waals surface area contributed by atoms with Crippen LogP contribution in [0, 0.1) is 0 Å². The predicted molar refractivity (Wildman–Crippen MR) is 110 cm³/mol. The van der Waals surface area contributed by atoms with Gasteiger partial charge in [0.25, 0.3) is 5.91 Å². The van der Waals surface area contributed by atoms with Crippen molar-refractivity contribution < 1.29 is 23.7 Å². The van der Waals surface area contributed by atoms with Gasteiger partial charge in [0.05, 0.1) is 31.2 Å². The summed E-state index contributed by atoms with van der Waals surface area (Å²) in [5.74, 6) is 2.32. The van der Waals surface area contributed by atoms with Crippen LogP contribution < -0.4 is 29.2 Å². The minimum atomic E-state index is -0.546. The molecule has 2 aliphatic heterocycles. The van der Waals surface area contributed by atoms with Gasteiger partial charge in [-0.3, -0.25) is 14.7 Å². The molecule has 152 valence electrons. The number of carbonyl (C=O) groups is 1. The molecule has 0 aliphatic carbocycles. The lowest BCUT2D eigenvalue weighted by molar-refractivity contribution is 0.0992. The van der Waals surface area contributed by atoms with Gasteiger partial charge in [0, 0.05) is 24.0 Å². The summed E-state index contributed by atoms with van der Waals surface area (Å²) in [5, 5.41) is 3.41. The summed E-state index contributed by atoms with van der Waals surface area (Å²) in [5.41, 5.74) is 2.51. The van der Waals surface area contributed by atoms with E-state index in [2.05, 4.69) is 10.3 Å². The average Bonchev–Trinajstić information content (AvgIpc) is 3.36. The molecule has 1 amide bonds. The molecule has 3 heterocycles. The van der Waals surface area contributed by atoms with E-state index in [4.69, 9.17) is 18.9 Å². The van der Waals surface area contributed by atoms with Crippen molar-refractivity contribution in [2.45, 2.75) is 6.17 Å². The van der Waals surface area contributed by atoms with Crippen molar-refractivity contribution in [1.29, 1.82) is 0 Å². The van der Waals surface area contributed by atoms with Crippen LogP contribution in [0.4, 0.5) is 11.4 Å². The van der Waals surface area contributed by atoms with Crippen LogP contribution in [0.15, 0.2) is 54.7 Å². The lowest BCUT2D eigenvalue weighted by Gasteiger charge is -2.28. The van der Waals surface area contributed by atoms with Gasteiger partial charge in [0.1, 0.15) is 11.5 Å². The first-order valence-electron chi connectivity index (χ1n) is 9.36. The first-order valence-corrected chi connectivity index (χ1v) is 9.36. The Bertz CT molecular complexity index is 1130. The number of benzene rings is 2. The molecule has 1 N–H and O–H groups in total. The number of methoxy groups -OCH3 is 2. The van der Waals surface area contributed by atoms with E-state index in [-0.39, 0.29) is 12.7 Å². The maximum atomic E-state index is 13.4. The van der Waals surface area contributed by atoms with Crippen molar-refractivity contribution >= 4 is 17.3 Å². The van der Waals surface area contributed by atoms with E-state index in [1.165, 1.54) is 0 Å². The third-order valence-electron chi connectivity index (χ3n) is 5.13. The second-order valence-corrected chi connectivity index (χ2v) is 6.76. The molecule has 0 bridgehead atoms. The maximum Gasteiger partial charge on any atom is 0.262 e. The Morgan fingerprint density at radius 3 is 2.77 bits per heavy atom. The Labute approximate surface area is 173 Å². The normalized spacial score (nSPS) is 16.4.